The van der Waals surface area contributed by atoms with Crippen LogP contribution in [0.1, 0.15) is 155 Å². The summed E-state index contributed by atoms with van der Waals surface area (Å²) in [6.07, 6.45) is 6.01. The van der Waals surface area contributed by atoms with E-state index in [4.69, 9.17) is 30.9 Å². The van der Waals surface area contributed by atoms with Crippen LogP contribution in [0, 0.1) is 28.6 Å². The second-order valence-electron chi connectivity index (χ2n) is 19.0. The van der Waals surface area contributed by atoms with Gasteiger partial charge in [-0.1, -0.05) is 68.7 Å². The first-order chi connectivity index (χ1) is 24.9. The standard InChI is InChI=1S/C18H35ClO.C16H28N2O5.C7H13NO4/c1-13(11-17(3,4)5)9-10-15(16(19)20)14(2)12-18(6,7)8;1-5-6-10-22-14(20)12-8-7-9-18(12)13(19)11-17-15(21)23-16(2,3)4;1-7(2,3)12-6(11)8-4-5(9)10/h13-15H,9-12H2,1-8H3;12H,5-11H2,1-4H3,(H,17,21);4H2,1-3H3,(H,8,11)(H,9,10)/t;12-;/m.0./s1. The van der Waals surface area contributed by atoms with Crippen LogP contribution >= 0.6 is 11.6 Å². The zero-order valence-corrected chi connectivity index (χ0v) is 37.5. The number of ether oxygens (including phenoxy) is 3. The molecule has 0 aromatic rings. The smallest absolute Gasteiger partial charge is 0.408 e. The number of carboxylic acid groups (broad SMARTS) is 1. The van der Waals surface area contributed by atoms with Gasteiger partial charge >= 0.3 is 24.1 Å². The number of halogens is 1. The van der Waals surface area contributed by atoms with Crippen LogP contribution in [0.4, 0.5) is 9.59 Å². The van der Waals surface area contributed by atoms with Gasteiger partial charge in [0.15, 0.2) is 0 Å². The second-order valence-corrected chi connectivity index (χ2v) is 19.3. The zero-order chi connectivity index (χ0) is 43.4. The predicted molar refractivity (Wildman–Crippen MR) is 217 cm³/mol. The van der Waals surface area contributed by atoms with Crippen molar-refractivity contribution in [2.45, 2.75) is 172 Å². The molecular weight excluding hydrogens is 730 g/mol. The molecule has 322 valence electrons. The Morgan fingerprint density at radius 2 is 1.27 bits per heavy atom. The summed E-state index contributed by atoms with van der Waals surface area (Å²) in [6.45, 7) is 30.6. The van der Waals surface area contributed by atoms with E-state index in [1.807, 2.05) is 6.92 Å². The number of carbonyl (C=O) groups excluding carboxylic acids is 5. The van der Waals surface area contributed by atoms with Crippen LogP contribution in [0.25, 0.3) is 0 Å². The van der Waals surface area contributed by atoms with Crippen molar-refractivity contribution in [2.24, 2.45) is 28.6 Å². The molecule has 0 aromatic heterocycles. The minimum absolute atomic E-state index is 0.0123. The molecule has 0 aromatic carbocycles. The monoisotopic (exact) mass is 806 g/mol. The van der Waals surface area contributed by atoms with E-state index in [9.17, 15) is 28.8 Å². The number of nitrogens with zero attached hydrogens (tertiary/aromatic N) is 1. The molecular formula is C41H76ClN3O10. The molecule has 0 aliphatic carbocycles. The van der Waals surface area contributed by atoms with Crippen molar-refractivity contribution in [3.05, 3.63) is 0 Å². The number of carbonyl (C=O) groups is 6. The molecule has 0 spiro atoms. The van der Waals surface area contributed by atoms with Gasteiger partial charge in [0.05, 0.1) is 6.61 Å². The van der Waals surface area contributed by atoms with Crippen molar-refractivity contribution < 1.29 is 48.1 Å². The molecule has 3 unspecified atom stereocenters. The van der Waals surface area contributed by atoms with Gasteiger partial charge in [-0.2, -0.15) is 0 Å². The Hall–Kier alpha value is -3.09. The number of alkyl carbamates (subject to hydrolysis) is 2. The van der Waals surface area contributed by atoms with E-state index in [2.05, 4.69) is 66.0 Å². The first-order valence-corrected chi connectivity index (χ1v) is 20.1. The van der Waals surface area contributed by atoms with E-state index in [0.29, 0.717) is 36.8 Å². The van der Waals surface area contributed by atoms with Crippen LogP contribution < -0.4 is 10.6 Å². The molecule has 4 atom stereocenters. The average Bonchev–Trinajstić information content (AvgIpc) is 3.46. The maximum Gasteiger partial charge on any atom is 0.408 e. The van der Waals surface area contributed by atoms with Gasteiger partial charge in [-0.25, -0.2) is 14.4 Å². The quantitative estimate of drug-likeness (QED) is 0.0628. The van der Waals surface area contributed by atoms with Crippen molar-refractivity contribution in [3.63, 3.8) is 0 Å². The van der Waals surface area contributed by atoms with E-state index in [0.717, 1.165) is 38.5 Å². The van der Waals surface area contributed by atoms with Crippen molar-refractivity contribution in [3.8, 4) is 0 Å². The SMILES string of the molecule is CC(C)(C)OC(=O)NCC(=O)O.CC(CCC(C(=O)Cl)C(C)CC(C)(C)C)CC(C)(C)C.CCCCOC(=O)[C@@H]1CCCN1C(=O)CNC(=O)OC(C)(C)C. The number of nitrogens with one attached hydrogen (secondary N) is 2. The number of likely N-dealkylation sites (tertiary alicyclic amines) is 1. The van der Waals surface area contributed by atoms with E-state index < -0.39 is 41.9 Å². The fourth-order valence-corrected chi connectivity index (χ4v) is 6.41. The first-order valence-electron chi connectivity index (χ1n) is 19.7. The minimum atomic E-state index is -1.10. The highest BCUT2D eigenvalue weighted by atomic mass is 35.5. The summed E-state index contributed by atoms with van der Waals surface area (Å²) < 4.78 is 15.0. The molecule has 1 fully saturated rings. The minimum Gasteiger partial charge on any atom is -0.480 e. The molecule has 3 N–H and O–H groups in total. The van der Waals surface area contributed by atoms with Gasteiger partial charge in [-0.05, 0) is 121 Å². The maximum absolute atomic E-state index is 12.2. The van der Waals surface area contributed by atoms with E-state index in [-0.39, 0.29) is 35.0 Å². The van der Waals surface area contributed by atoms with Crippen LogP contribution in [0.5, 0.6) is 0 Å². The Morgan fingerprint density at radius 3 is 1.69 bits per heavy atom. The average molecular weight is 807 g/mol. The Kier molecular flexibility index (Phi) is 24.8. The van der Waals surface area contributed by atoms with Gasteiger partial charge < -0.3 is 34.9 Å². The summed E-state index contributed by atoms with van der Waals surface area (Å²) in [4.78, 5) is 69.8. The number of hydrogen-bond donors (Lipinski definition) is 3. The highest BCUT2D eigenvalue weighted by Gasteiger charge is 2.35. The van der Waals surface area contributed by atoms with Crippen LogP contribution in [0.2, 0.25) is 0 Å². The molecule has 1 aliphatic heterocycles. The van der Waals surface area contributed by atoms with Crippen LogP contribution in [0.15, 0.2) is 0 Å². The van der Waals surface area contributed by atoms with Gasteiger partial charge in [0.2, 0.25) is 11.1 Å². The number of carboxylic acids is 1. The number of amides is 3. The van der Waals surface area contributed by atoms with Crippen molar-refractivity contribution in [1.29, 1.82) is 0 Å². The fraction of sp³-hybridized carbons (Fsp3) is 0.854. The number of esters is 1. The van der Waals surface area contributed by atoms with E-state index in [1.165, 1.54) is 11.3 Å². The predicted octanol–water partition coefficient (Wildman–Crippen LogP) is 8.73. The van der Waals surface area contributed by atoms with Crippen molar-refractivity contribution in [1.82, 2.24) is 15.5 Å². The largest absolute Gasteiger partial charge is 0.480 e. The third kappa shape index (κ3) is 30.8. The third-order valence-corrected chi connectivity index (χ3v) is 8.28. The van der Waals surface area contributed by atoms with Gasteiger partial charge in [0, 0.05) is 12.5 Å². The molecule has 55 heavy (non-hydrogen) atoms. The van der Waals surface area contributed by atoms with Crippen molar-refractivity contribution in [2.75, 3.05) is 26.2 Å². The van der Waals surface area contributed by atoms with Crippen LogP contribution in [-0.2, 0) is 33.4 Å². The topological polar surface area (TPSA) is 178 Å². The fourth-order valence-electron chi connectivity index (χ4n) is 6.09. The number of unbranched alkanes of at least 4 members (excludes halogenated alkanes) is 1. The first kappa shape index (κ1) is 54.0. The number of rotatable bonds is 15. The molecule has 1 saturated heterocycles. The molecule has 0 bridgehead atoms. The number of aliphatic carboxylic acids is 1. The molecule has 0 radical (unpaired) electrons. The second kappa shape index (κ2) is 25.2. The molecule has 1 aliphatic rings. The Labute approximate surface area is 337 Å². The summed E-state index contributed by atoms with van der Waals surface area (Å²) in [7, 11) is 0. The lowest BCUT2D eigenvalue weighted by atomic mass is 9.76. The zero-order valence-electron chi connectivity index (χ0n) is 36.7. The lowest BCUT2D eigenvalue weighted by Crippen LogP contribution is -2.46. The summed E-state index contributed by atoms with van der Waals surface area (Å²) in [5.41, 5.74) is -0.604. The summed E-state index contributed by atoms with van der Waals surface area (Å²) in [6, 6.07) is -0.542. The highest BCUT2D eigenvalue weighted by molar-refractivity contribution is 6.64. The van der Waals surface area contributed by atoms with Gasteiger partial charge in [0.25, 0.3) is 0 Å². The molecule has 0 saturated carbocycles. The Bertz CT molecular complexity index is 1200. The maximum atomic E-state index is 12.2. The summed E-state index contributed by atoms with van der Waals surface area (Å²) in [5, 5.41) is 12.5. The molecule has 3 amide bonds. The molecule has 13 nitrogen and oxygen atoms in total. The lowest BCUT2D eigenvalue weighted by molar-refractivity contribution is -0.153. The third-order valence-electron chi connectivity index (χ3n) is 8.00. The van der Waals surface area contributed by atoms with Crippen LogP contribution in [-0.4, -0.2) is 88.8 Å². The molecule has 14 heteroatoms. The number of hydrogen-bond acceptors (Lipinski definition) is 9. The van der Waals surface area contributed by atoms with Gasteiger partial charge in [-0.3, -0.25) is 14.4 Å². The Balaban J connectivity index is 0. The Morgan fingerprint density at radius 1 is 0.782 bits per heavy atom. The summed E-state index contributed by atoms with van der Waals surface area (Å²) >= 11 is 5.85. The van der Waals surface area contributed by atoms with Crippen molar-refractivity contribution >= 4 is 46.9 Å². The van der Waals surface area contributed by atoms with E-state index in [1.54, 1.807) is 41.5 Å². The lowest BCUT2D eigenvalue weighted by Gasteiger charge is -2.29. The summed E-state index contributed by atoms with van der Waals surface area (Å²) in [5.74, 6) is -0.733. The normalized spacial score (nSPS) is 16.1. The van der Waals surface area contributed by atoms with Gasteiger partial charge in [-0.15, -0.1) is 0 Å². The van der Waals surface area contributed by atoms with Gasteiger partial charge in [0.1, 0.15) is 30.3 Å². The van der Waals surface area contributed by atoms with E-state index >= 15 is 0 Å². The van der Waals surface area contributed by atoms with Crippen LogP contribution in [0.3, 0.4) is 0 Å². The molecule has 1 heterocycles. The molecule has 1 rings (SSSR count). The highest BCUT2D eigenvalue weighted by Crippen LogP contribution is 2.34.